The van der Waals surface area contributed by atoms with Crippen LogP contribution < -0.4 is 14.5 Å². The summed E-state index contributed by atoms with van der Waals surface area (Å²) in [4.78, 5) is 49.9. The Hall–Kier alpha value is -4.89. The largest absolute Gasteiger partial charge is 0.491 e. The number of amides is 2. The molecule has 0 spiro atoms. The molecule has 6 heterocycles. The maximum absolute atomic E-state index is 13.8. The maximum Gasteiger partial charge on any atom is 0.236 e. The molecule has 5 aromatic rings. The molecule has 14 nitrogen and oxygen atoms in total. The van der Waals surface area contributed by atoms with Crippen molar-refractivity contribution in [2.24, 2.45) is 13.0 Å². The van der Waals surface area contributed by atoms with E-state index in [2.05, 4.69) is 35.1 Å². The molecule has 0 aliphatic carbocycles. The van der Waals surface area contributed by atoms with E-state index in [9.17, 15) is 9.59 Å². The van der Waals surface area contributed by atoms with Crippen molar-refractivity contribution < 1.29 is 14.3 Å². The van der Waals surface area contributed by atoms with E-state index in [0.29, 0.717) is 75.9 Å². The monoisotopic (exact) mass is 683 g/mol. The van der Waals surface area contributed by atoms with Gasteiger partial charge >= 0.3 is 0 Å². The van der Waals surface area contributed by atoms with Gasteiger partial charge in [-0.3, -0.25) is 29.2 Å². The molecule has 49 heavy (non-hydrogen) atoms. The first-order chi connectivity index (χ1) is 23.7. The van der Waals surface area contributed by atoms with Crippen LogP contribution in [0.4, 0.5) is 10.9 Å². The molecule has 15 heteroatoms. The van der Waals surface area contributed by atoms with E-state index in [1.165, 1.54) is 0 Å². The van der Waals surface area contributed by atoms with Gasteiger partial charge < -0.3 is 14.5 Å². The number of aromatic amines is 1. The van der Waals surface area contributed by atoms with Crippen LogP contribution in [0.5, 0.6) is 5.75 Å². The van der Waals surface area contributed by atoms with Crippen LogP contribution in [0, 0.1) is 5.92 Å². The van der Waals surface area contributed by atoms with E-state index in [4.69, 9.17) is 9.72 Å². The fourth-order valence-corrected chi connectivity index (χ4v) is 7.34. The molecule has 0 unspecified atom stereocenters. The normalized spacial score (nSPS) is 17.0. The van der Waals surface area contributed by atoms with Crippen molar-refractivity contribution >= 4 is 45.1 Å². The fourth-order valence-electron chi connectivity index (χ4n) is 6.44. The molecule has 0 radical (unpaired) electrons. The Kier molecular flexibility index (Phi) is 9.27. The molecule has 4 aromatic heterocycles. The number of aryl methyl sites for hydroxylation is 1. The number of thiazole rings is 1. The highest BCUT2D eigenvalue weighted by atomic mass is 32.1. The molecular formula is C34H41N11O3S. The predicted octanol–water partition coefficient (Wildman–Crippen LogP) is 3.69. The van der Waals surface area contributed by atoms with Gasteiger partial charge in [0.15, 0.2) is 11.0 Å². The zero-order valence-electron chi connectivity index (χ0n) is 28.2. The number of carbonyl (C=O) groups excluding carboxylic acids is 2. The van der Waals surface area contributed by atoms with Crippen molar-refractivity contribution in [2.75, 3.05) is 62.2 Å². The summed E-state index contributed by atoms with van der Waals surface area (Å²) in [6, 6.07) is 11.6. The van der Waals surface area contributed by atoms with Crippen LogP contribution in [-0.2, 0) is 16.6 Å². The Morgan fingerprint density at radius 2 is 1.86 bits per heavy atom. The fraction of sp³-hybridized carbons (Fsp3) is 0.441. The molecule has 1 atom stereocenters. The zero-order chi connectivity index (χ0) is 34.1. The van der Waals surface area contributed by atoms with E-state index >= 15 is 0 Å². The molecule has 256 valence electrons. The molecule has 0 bridgehead atoms. The number of pyridine rings is 1. The summed E-state index contributed by atoms with van der Waals surface area (Å²) >= 11 is 1.56. The van der Waals surface area contributed by atoms with Gasteiger partial charge in [0.2, 0.25) is 11.8 Å². The Morgan fingerprint density at radius 1 is 1.06 bits per heavy atom. The molecule has 1 aromatic carbocycles. The van der Waals surface area contributed by atoms with E-state index in [-0.39, 0.29) is 23.8 Å². The topological polar surface area (TPSA) is 142 Å². The molecule has 2 amide bonds. The van der Waals surface area contributed by atoms with E-state index in [0.717, 1.165) is 32.5 Å². The number of piperazine rings is 1. The highest BCUT2D eigenvalue weighted by Gasteiger charge is 2.34. The average molecular weight is 684 g/mol. The summed E-state index contributed by atoms with van der Waals surface area (Å²) in [5.74, 6) is 1.99. The number of likely N-dealkylation sites (tertiary alicyclic amines) is 1. The van der Waals surface area contributed by atoms with Gasteiger partial charge in [0.05, 0.1) is 35.2 Å². The van der Waals surface area contributed by atoms with Crippen LogP contribution in [0.1, 0.15) is 27.2 Å². The first-order valence-electron chi connectivity index (χ1n) is 16.8. The van der Waals surface area contributed by atoms with Gasteiger partial charge in [0.25, 0.3) is 0 Å². The Balaban J connectivity index is 0.941. The highest BCUT2D eigenvalue weighted by Crippen LogP contribution is 2.31. The number of benzene rings is 1. The van der Waals surface area contributed by atoms with Gasteiger partial charge in [0.1, 0.15) is 29.1 Å². The Bertz CT molecular complexity index is 1930. The van der Waals surface area contributed by atoms with Crippen molar-refractivity contribution in [1.82, 2.24) is 44.7 Å². The molecule has 2 fully saturated rings. The number of ether oxygens (including phenoxy) is 1. The van der Waals surface area contributed by atoms with Gasteiger partial charge in [-0.05, 0) is 70.1 Å². The number of nitrogens with one attached hydrogen (secondary N) is 1. The second-order valence-electron chi connectivity index (χ2n) is 12.7. The smallest absolute Gasteiger partial charge is 0.236 e. The molecule has 2 aliphatic rings. The number of aromatic nitrogens is 7. The lowest BCUT2D eigenvalue weighted by Gasteiger charge is -2.35. The molecule has 1 N–H and O–H groups in total. The van der Waals surface area contributed by atoms with Crippen molar-refractivity contribution in [1.29, 1.82) is 0 Å². The zero-order valence-corrected chi connectivity index (χ0v) is 29.1. The minimum absolute atomic E-state index is 0.0295. The summed E-state index contributed by atoms with van der Waals surface area (Å²) in [6.45, 7) is 10.7. The minimum Gasteiger partial charge on any atom is -0.491 e. The predicted molar refractivity (Wildman–Crippen MR) is 189 cm³/mol. The van der Waals surface area contributed by atoms with Gasteiger partial charge in [0, 0.05) is 51.9 Å². The van der Waals surface area contributed by atoms with Crippen LogP contribution in [0.15, 0.2) is 48.9 Å². The lowest BCUT2D eigenvalue weighted by molar-refractivity contribution is -0.132. The van der Waals surface area contributed by atoms with E-state index in [1.54, 1.807) is 27.2 Å². The van der Waals surface area contributed by atoms with Crippen molar-refractivity contribution in [2.45, 2.75) is 33.3 Å². The second kappa shape index (κ2) is 13.9. The third kappa shape index (κ3) is 6.99. The van der Waals surface area contributed by atoms with Crippen molar-refractivity contribution in [3.8, 4) is 27.7 Å². The third-order valence-corrected chi connectivity index (χ3v) is 10.0. The Morgan fingerprint density at radius 3 is 2.57 bits per heavy atom. The molecule has 2 saturated heterocycles. The van der Waals surface area contributed by atoms with Crippen molar-refractivity contribution in [3.63, 3.8) is 0 Å². The second-order valence-corrected chi connectivity index (χ2v) is 13.8. The number of hydrogen-bond acceptors (Lipinski definition) is 11. The summed E-state index contributed by atoms with van der Waals surface area (Å²) in [5.41, 5.74) is 3.14. The first-order valence-corrected chi connectivity index (χ1v) is 17.6. The number of hydrogen-bond donors (Lipinski definition) is 1. The third-order valence-electron chi connectivity index (χ3n) is 8.95. The number of carbonyl (C=O) groups is 2. The SMILES string of the molecule is CCN(C(=O)[C@@H]1CCN(CC(=O)N2CCN(c3ncc(-c4ncn(C)n4)s3)CC2)C1)c1ccc2[nH]nc(-c3ccc(OC(C)C)cc3)c2n1. The number of anilines is 2. The quantitative estimate of drug-likeness (QED) is 0.232. The summed E-state index contributed by atoms with van der Waals surface area (Å²) in [7, 11) is 1.84. The standard InChI is InChI=1S/C34H41N11O3S/c1-5-45(28-11-10-26-31(37-28)30(39-38-26)23-6-8-25(9-7-23)48-22(2)3)33(47)24-12-13-42(19-24)20-29(46)43-14-16-44(17-15-43)34-35-18-27(49-34)32-36-21-41(4)40-32/h6-11,18,21-22,24H,5,12-17,19-20H2,1-4H3,(H,38,39)/t24-/m1/s1. The molecule has 2 aliphatic heterocycles. The highest BCUT2D eigenvalue weighted by molar-refractivity contribution is 7.18. The molecule has 7 rings (SSSR count). The first kappa shape index (κ1) is 32.6. The number of H-pyrrole nitrogens is 1. The lowest BCUT2D eigenvalue weighted by Crippen LogP contribution is -2.51. The van der Waals surface area contributed by atoms with Gasteiger partial charge in [-0.1, -0.05) is 11.3 Å². The number of rotatable bonds is 10. The van der Waals surface area contributed by atoms with Gasteiger partial charge in [-0.15, -0.1) is 0 Å². The maximum atomic E-state index is 13.8. The lowest BCUT2D eigenvalue weighted by atomic mass is 10.1. The van der Waals surface area contributed by atoms with Crippen LogP contribution in [0.2, 0.25) is 0 Å². The summed E-state index contributed by atoms with van der Waals surface area (Å²) < 4.78 is 7.46. The van der Waals surface area contributed by atoms with Gasteiger partial charge in [-0.2, -0.15) is 10.2 Å². The van der Waals surface area contributed by atoms with E-state index < -0.39 is 0 Å². The van der Waals surface area contributed by atoms with Gasteiger partial charge in [-0.25, -0.2) is 15.0 Å². The van der Waals surface area contributed by atoms with Crippen LogP contribution in [0.25, 0.3) is 33.0 Å². The average Bonchev–Trinajstić information content (AvgIpc) is 3.92. The summed E-state index contributed by atoms with van der Waals surface area (Å²) in [6.07, 6.45) is 4.29. The van der Waals surface area contributed by atoms with Crippen molar-refractivity contribution in [3.05, 3.63) is 48.9 Å². The molecule has 0 saturated carbocycles. The Labute approximate surface area is 288 Å². The number of nitrogens with zero attached hydrogens (tertiary/aromatic N) is 10. The summed E-state index contributed by atoms with van der Waals surface area (Å²) in [5, 5.41) is 12.9. The van der Waals surface area contributed by atoms with Crippen LogP contribution in [-0.4, -0.2) is 115 Å². The van der Waals surface area contributed by atoms with Crippen LogP contribution >= 0.6 is 11.3 Å². The van der Waals surface area contributed by atoms with E-state index in [1.807, 2.05) is 75.3 Å². The molecular weight excluding hydrogens is 643 g/mol. The number of fused-ring (bicyclic) bond motifs is 1. The minimum atomic E-state index is -0.202. The van der Waals surface area contributed by atoms with Crippen LogP contribution in [0.3, 0.4) is 0 Å².